The Morgan fingerprint density at radius 2 is 1.86 bits per heavy atom. The van der Waals surface area contributed by atoms with Crippen molar-refractivity contribution in [3.63, 3.8) is 0 Å². The molecular formula is C10H13F2NO. The molecule has 3 N–H and O–H groups in total. The summed E-state index contributed by atoms with van der Waals surface area (Å²) in [5.41, 5.74) is 5.61. The lowest BCUT2D eigenvalue weighted by Crippen LogP contribution is -2.00. The predicted molar refractivity (Wildman–Crippen MR) is 50.0 cm³/mol. The van der Waals surface area contributed by atoms with Gasteiger partial charge in [0.15, 0.2) is 11.6 Å². The van der Waals surface area contributed by atoms with E-state index >= 15 is 0 Å². The molecule has 0 saturated carbocycles. The smallest absolute Gasteiger partial charge is 0.167 e. The normalized spacial score (nSPS) is 10.5. The molecule has 0 amide bonds. The number of aryl methyl sites for hydroxylation is 1. The molecule has 0 unspecified atom stereocenters. The van der Waals surface area contributed by atoms with Gasteiger partial charge in [-0.1, -0.05) is 0 Å². The Morgan fingerprint density at radius 1 is 1.14 bits per heavy atom. The summed E-state index contributed by atoms with van der Waals surface area (Å²) in [5, 5.41) is 9.01. The number of hydrogen-bond acceptors (Lipinski definition) is 2. The quantitative estimate of drug-likeness (QED) is 0.731. The summed E-state index contributed by atoms with van der Waals surface area (Å²) in [5.74, 6) is -2.04. The number of benzene rings is 1. The van der Waals surface area contributed by atoms with Gasteiger partial charge in [0.2, 0.25) is 0 Å². The van der Waals surface area contributed by atoms with Crippen LogP contribution in [0.2, 0.25) is 0 Å². The van der Waals surface area contributed by atoms with Gasteiger partial charge in [-0.05, 0) is 37.4 Å². The molecule has 14 heavy (non-hydrogen) atoms. The molecule has 0 atom stereocenters. The van der Waals surface area contributed by atoms with Crippen LogP contribution in [0.1, 0.15) is 18.4 Å². The number of aromatic hydroxyl groups is 1. The number of nitrogens with two attached hydrogens (primary N) is 1. The highest BCUT2D eigenvalue weighted by molar-refractivity contribution is 5.30. The van der Waals surface area contributed by atoms with E-state index < -0.39 is 17.4 Å². The Morgan fingerprint density at radius 3 is 2.50 bits per heavy atom. The minimum atomic E-state index is -0.926. The average molecular weight is 201 g/mol. The summed E-state index contributed by atoms with van der Waals surface area (Å²) < 4.78 is 25.7. The zero-order chi connectivity index (χ0) is 10.6. The van der Waals surface area contributed by atoms with Gasteiger partial charge < -0.3 is 10.8 Å². The van der Waals surface area contributed by atoms with E-state index in [2.05, 4.69) is 0 Å². The summed E-state index contributed by atoms with van der Waals surface area (Å²) in [6, 6.07) is 1.83. The van der Waals surface area contributed by atoms with Gasteiger partial charge in [0, 0.05) is 6.07 Å². The molecule has 0 bridgehead atoms. The minimum Gasteiger partial charge on any atom is -0.505 e. The fourth-order valence-electron chi connectivity index (χ4n) is 1.23. The number of hydrogen-bond donors (Lipinski definition) is 2. The zero-order valence-corrected chi connectivity index (χ0v) is 7.76. The summed E-state index contributed by atoms with van der Waals surface area (Å²) in [6.07, 6.45) is 1.99. The molecule has 1 aromatic rings. The van der Waals surface area contributed by atoms with Crippen LogP contribution in [0.3, 0.4) is 0 Å². The third kappa shape index (κ3) is 2.67. The third-order valence-electron chi connectivity index (χ3n) is 2.02. The van der Waals surface area contributed by atoms with Crippen molar-refractivity contribution in [1.82, 2.24) is 0 Å². The van der Waals surface area contributed by atoms with Crippen LogP contribution in [0.25, 0.3) is 0 Å². The fourth-order valence-corrected chi connectivity index (χ4v) is 1.23. The van der Waals surface area contributed by atoms with Gasteiger partial charge in [0.25, 0.3) is 0 Å². The van der Waals surface area contributed by atoms with Crippen molar-refractivity contribution in [3.05, 3.63) is 29.3 Å². The van der Waals surface area contributed by atoms with Gasteiger partial charge in [0.1, 0.15) is 5.82 Å². The van der Waals surface area contributed by atoms with Gasteiger partial charge in [-0.25, -0.2) is 8.78 Å². The lowest BCUT2D eigenvalue weighted by atomic mass is 10.1. The largest absolute Gasteiger partial charge is 0.505 e. The molecule has 0 spiro atoms. The topological polar surface area (TPSA) is 46.2 Å². The van der Waals surface area contributed by atoms with Gasteiger partial charge in [-0.15, -0.1) is 0 Å². The van der Waals surface area contributed by atoms with E-state index in [-0.39, 0.29) is 0 Å². The highest BCUT2D eigenvalue weighted by Gasteiger charge is 2.08. The molecule has 0 radical (unpaired) electrons. The van der Waals surface area contributed by atoms with Crippen LogP contribution >= 0.6 is 0 Å². The predicted octanol–water partition coefficient (Wildman–Crippen LogP) is 1.95. The SMILES string of the molecule is NCCCCc1cc(O)c(F)cc1F. The fraction of sp³-hybridized carbons (Fsp3) is 0.400. The molecule has 0 aliphatic rings. The Hall–Kier alpha value is -1.16. The second-order valence-corrected chi connectivity index (χ2v) is 3.14. The Labute approximate surface area is 81.4 Å². The summed E-state index contributed by atoms with van der Waals surface area (Å²) in [7, 11) is 0. The maximum Gasteiger partial charge on any atom is 0.167 e. The van der Waals surface area contributed by atoms with E-state index in [0.29, 0.717) is 24.6 Å². The van der Waals surface area contributed by atoms with Crippen molar-refractivity contribution in [1.29, 1.82) is 0 Å². The summed E-state index contributed by atoms with van der Waals surface area (Å²) >= 11 is 0. The van der Waals surface area contributed by atoms with Gasteiger partial charge in [0.05, 0.1) is 0 Å². The molecule has 0 aliphatic carbocycles. The van der Waals surface area contributed by atoms with Crippen LogP contribution in [0.5, 0.6) is 5.75 Å². The number of halogens is 2. The molecule has 1 aromatic carbocycles. The van der Waals surface area contributed by atoms with Crippen LogP contribution in [0.15, 0.2) is 12.1 Å². The molecular weight excluding hydrogens is 188 g/mol. The molecule has 4 heteroatoms. The van der Waals surface area contributed by atoms with E-state index in [9.17, 15) is 8.78 Å². The molecule has 0 heterocycles. The van der Waals surface area contributed by atoms with Crippen molar-refractivity contribution in [3.8, 4) is 5.75 Å². The van der Waals surface area contributed by atoms with Crippen LogP contribution in [-0.2, 0) is 6.42 Å². The van der Waals surface area contributed by atoms with Crippen molar-refractivity contribution in [2.75, 3.05) is 6.54 Å². The van der Waals surface area contributed by atoms with Gasteiger partial charge >= 0.3 is 0 Å². The lowest BCUT2D eigenvalue weighted by molar-refractivity contribution is 0.425. The molecule has 0 aliphatic heterocycles. The highest BCUT2D eigenvalue weighted by Crippen LogP contribution is 2.21. The van der Waals surface area contributed by atoms with Crippen LogP contribution in [-0.4, -0.2) is 11.7 Å². The molecule has 0 aromatic heterocycles. The van der Waals surface area contributed by atoms with E-state index in [1.54, 1.807) is 0 Å². The number of unbranched alkanes of at least 4 members (excludes halogenated alkanes) is 1. The minimum absolute atomic E-state index is 0.331. The Balaban J connectivity index is 2.72. The van der Waals surface area contributed by atoms with Crippen LogP contribution < -0.4 is 5.73 Å². The summed E-state index contributed by atoms with van der Waals surface area (Å²) in [6.45, 7) is 0.550. The van der Waals surface area contributed by atoms with E-state index in [1.165, 1.54) is 0 Å². The maximum atomic E-state index is 13.1. The average Bonchev–Trinajstić information content (AvgIpc) is 2.14. The van der Waals surface area contributed by atoms with Crippen molar-refractivity contribution >= 4 is 0 Å². The molecule has 78 valence electrons. The Bertz CT molecular complexity index is 315. The van der Waals surface area contributed by atoms with Crippen molar-refractivity contribution in [2.45, 2.75) is 19.3 Å². The lowest BCUT2D eigenvalue weighted by Gasteiger charge is -2.04. The monoisotopic (exact) mass is 201 g/mol. The first-order valence-electron chi connectivity index (χ1n) is 4.52. The standard InChI is InChI=1S/C10H13F2NO/c11-8-6-9(12)10(14)5-7(8)3-1-2-4-13/h5-6,14H,1-4,13H2. The van der Waals surface area contributed by atoms with Crippen LogP contribution in [0, 0.1) is 11.6 Å². The van der Waals surface area contributed by atoms with E-state index in [1.807, 2.05) is 0 Å². The molecule has 1 rings (SSSR count). The number of phenols is 1. The molecule has 0 fully saturated rings. The van der Waals surface area contributed by atoms with Gasteiger partial charge in [-0.2, -0.15) is 0 Å². The number of rotatable bonds is 4. The van der Waals surface area contributed by atoms with Crippen molar-refractivity contribution in [2.24, 2.45) is 5.73 Å². The van der Waals surface area contributed by atoms with Crippen molar-refractivity contribution < 1.29 is 13.9 Å². The van der Waals surface area contributed by atoms with E-state index in [4.69, 9.17) is 10.8 Å². The second-order valence-electron chi connectivity index (χ2n) is 3.14. The zero-order valence-electron chi connectivity index (χ0n) is 7.76. The van der Waals surface area contributed by atoms with Gasteiger partial charge in [-0.3, -0.25) is 0 Å². The summed E-state index contributed by atoms with van der Waals surface area (Å²) in [4.78, 5) is 0. The van der Waals surface area contributed by atoms with E-state index in [0.717, 1.165) is 18.9 Å². The molecule has 0 saturated heterocycles. The third-order valence-corrected chi connectivity index (χ3v) is 2.02. The Kier molecular flexibility index (Phi) is 3.83. The maximum absolute atomic E-state index is 13.1. The number of phenolic OH excluding ortho intramolecular Hbond substituents is 1. The first kappa shape index (κ1) is 10.9. The first-order chi connectivity index (χ1) is 6.65. The first-order valence-corrected chi connectivity index (χ1v) is 4.52. The highest BCUT2D eigenvalue weighted by atomic mass is 19.1. The molecule has 2 nitrogen and oxygen atoms in total. The van der Waals surface area contributed by atoms with Crippen LogP contribution in [0.4, 0.5) is 8.78 Å². The second kappa shape index (κ2) is 4.91.